The highest BCUT2D eigenvalue weighted by Gasteiger charge is 2.08. The van der Waals surface area contributed by atoms with E-state index in [4.69, 9.17) is 0 Å². The summed E-state index contributed by atoms with van der Waals surface area (Å²) in [6.07, 6.45) is 1.02. The van der Waals surface area contributed by atoms with E-state index >= 15 is 0 Å². The fourth-order valence-electron chi connectivity index (χ4n) is 0.796. The molecule has 3 nitrogen and oxygen atoms in total. The van der Waals surface area contributed by atoms with Crippen molar-refractivity contribution in [3.8, 4) is 5.75 Å². The van der Waals surface area contributed by atoms with E-state index in [1.165, 1.54) is 6.07 Å². The van der Waals surface area contributed by atoms with E-state index < -0.39 is 16.4 Å². The molecule has 0 heterocycles. The number of benzene rings is 1. The Bertz CT molecular complexity index is 397. The summed E-state index contributed by atoms with van der Waals surface area (Å²) in [5, 5.41) is 0. The van der Waals surface area contributed by atoms with E-state index in [-0.39, 0.29) is 10.6 Å². The minimum Gasteiger partial charge on any atom is -0.434 e. The molecular formula is C8H7F2O3S. The smallest absolute Gasteiger partial charge is 0.387 e. The van der Waals surface area contributed by atoms with Crippen LogP contribution in [-0.2, 0) is 9.84 Å². The fraction of sp³-hybridized carbons (Fsp3) is 0.250. The third-order valence-electron chi connectivity index (χ3n) is 1.40. The van der Waals surface area contributed by atoms with E-state index in [0.717, 1.165) is 18.4 Å². The van der Waals surface area contributed by atoms with E-state index in [9.17, 15) is 17.2 Å². The largest absolute Gasteiger partial charge is 0.434 e. The lowest BCUT2D eigenvalue weighted by atomic mass is 10.3. The van der Waals surface area contributed by atoms with Crippen LogP contribution in [-0.4, -0.2) is 21.3 Å². The molecule has 0 aliphatic rings. The number of rotatable bonds is 3. The Morgan fingerprint density at radius 1 is 1.43 bits per heavy atom. The molecule has 0 bridgehead atoms. The number of alkyl halides is 2. The lowest BCUT2D eigenvalue weighted by molar-refractivity contribution is -0.0500. The van der Waals surface area contributed by atoms with Gasteiger partial charge in [-0.2, -0.15) is 8.78 Å². The van der Waals surface area contributed by atoms with Crippen LogP contribution in [0.1, 0.15) is 0 Å². The Balaban J connectivity index is 2.90. The molecule has 0 amide bonds. The predicted molar refractivity (Wildman–Crippen MR) is 45.0 cm³/mol. The second-order valence-electron chi connectivity index (χ2n) is 2.54. The van der Waals surface area contributed by atoms with Gasteiger partial charge in [-0.25, -0.2) is 8.42 Å². The molecule has 0 N–H and O–H groups in total. The third-order valence-corrected chi connectivity index (χ3v) is 2.51. The summed E-state index contributed by atoms with van der Waals surface area (Å²) >= 11 is 0. The molecule has 1 aromatic rings. The van der Waals surface area contributed by atoms with Crippen molar-refractivity contribution in [2.24, 2.45) is 0 Å². The third kappa shape index (κ3) is 2.95. The first kappa shape index (κ1) is 10.9. The summed E-state index contributed by atoms with van der Waals surface area (Å²) in [4.78, 5) is 0.0131. The molecule has 0 atom stereocenters. The van der Waals surface area contributed by atoms with Crippen molar-refractivity contribution in [1.82, 2.24) is 0 Å². The first-order valence-corrected chi connectivity index (χ1v) is 5.45. The predicted octanol–water partition coefficient (Wildman–Crippen LogP) is 1.49. The van der Waals surface area contributed by atoms with E-state index in [2.05, 4.69) is 10.8 Å². The zero-order valence-electron chi connectivity index (χ0n) is 7.20. The summed E-state index contributed by atoms with van der Waals surface area (Å²) in [6, 6.07) is 5.70. The molecular weight excluding hydrogens is 214 g/mol. The molecule has 0 fully saturated rings. The van der Waals surface area contributed by atoms with Crippen molar-refractivity contribution in [1.29, 1.82) is 0 Å². The van der Waals surface area contributed by atoms with Crippen LogP contribution in [0.15, 0.2) is 23.1 Å². The standard InChI is InChI=1S/C8H7F2O3S/c1-14(11,12)7-4-2-6(3-5-7)13-8(9)10/h2,4-5,8H,1H3. The second-order valence-corrected chi connectivity index (χ2v) is 4.56. The van der Waals surface area contributed by atoms with Gasteiger partial charge in [0.05, 0.1) is 4.90 Å². The van der Waals surface area contributed by atoms with Gasteiger partial charge in [0.15, 0.2) is 9.84 Å². The van der Waals surface area contributed by atoms with Crippen LogP contribution in [0.25, 0.3) is 0 Å². The summed E-state index contributed by atoms with van der Waals surface area (Å²) in [5.74, 6) is -0.188. The summed E-state index contributed by atoms with van der Waals surface area (Å²) < 4.78 is 49.3. The Hall–Kier alpha value is -1.17. The summed E-state index contributed by atoms with van der Waals surface area (Å²) in [7, 11) is -3.32. The SMILES string of the molecule is CS(=O)(=O)c1c[c]c(OC(F)F)cc1. The van der Waals surface area contributed by atoms with Gasteiger partial charge in [0.1, 0.15) is 5.75 Å². The van der Waals surface area contributed by atoms with Crippen LogP contribution < -0.4 is 4.74 Å². The van der Waals surface area contributed by atoms with Gasteiger partial charge >= 0.3 is 6.61 Å². The van der Waals surface area contributed by atoms with Gasteiger partial charge in [-0.1, -0.05) is 0 Å². The number of sulfone groups is 1. The fourth-order valence-corrected chi connectivity index (χ4v) is 1.38. The molecule has 0 saturated heterocycles. The first-order chi connectivity index (χ1) is 6.39. The molecule has 1 radical (unpaired) electrons. The Kier molecular flexibility index (Phi) is 3.05. The van der Waals surface area contributed by atoms with Gasteiger partial charge in [0.2, 0.25) is 0 Å². The Morgan fingerprint density at radius 2 is 2.07 bits per heavy atom. The number of halogens is 2. The summed E-state index contributed by atoms with van der Waals surface area (Å²) in [5.41, 5.74) is 0. The van der Waals surface area contributed by atoms with Crippen molar-refractivity contribution >= 4 is 9.84 Å². The molecule has 1 rings (SSSR count). The van der Waals surface area contributed by atoms with Crippen molar-refractivity contribution in [2.75, 3.05) is 6.26 Å². The monoisotopic (exact) mass is 221 g/mol. The van der Waals surface area contributed by atoms with Gasteiger partial charge in [0.25, 0.3) is 0 Å². The van der Waals surface area contributed by atoms with Gasteiger partial charge < -0.3 is 4.74 Å². The van der Waals surface area contributed by atoms with Crippen molar-refractivity contribution in [2.45, 2.75) is 11.5 Å². The highest BCUT2D eigenvalue weighted by Crippen LogP contribution is 2.16. The summed E-state index contributed by atoms with van der Waals surface area (Å²) in [6.45, 7) is -2.93. The van der Waals surface area contributed by atoms with E-state index in [1.807, 2.05) is 0 Å². The van der Waals surface area contributed by atoms with E-state index in [0.29, 0.717) is 0 Å². The average Bonchev–Trinajstić information content (AvgIpc) is 2.02. The molecule has 6 heteroatoms. The van der Waals surface area contributed by atoms with Crippen LogP contribution in [0.5, 0.6) is 5.75 Å². The van der Waals surface area contributed by atoms with Crippen molar-refractivity contribution in [3.05, 3.63) is 24.3 Å². The van der Waals surface area contributed by atoms with Crippen LogP contribution in [0.3, 0.4) is 0 Å². The molecule has 0 aliphatic heterocycles. The minimum atomic E-state index is -3.32. The van der Waals surface area contributed by atoms with Crippen LogP contribution in [0.2, 0.25) is 0 Å². The highest BCUT2D eigenvalue weighted by atomic mass is 32.2. The second kappa shape index (κ2) is 3.91. The number of hydrogen-bond donors (Lipinski definition) is 0. The molecule has 0 aliphatic carbocycles. The zero-order valence-corrected chi connectivity index (χ0v) is 8.01. The highest BCUT2D eigenvalue weighted by molar-refractivity contribution is 7.90. The molecule has 14 heavy (non-hydrogen) atoms. The zero-order chi connectivity index (χ0) is 10.8. The van der Waals surface area contributed by atoms with Gasteiger partial charge in [-0.3, -0.25) is 0 Å². The molecule has 0 aromatic heterocycles. The lowest BCUT2D eigenvalue weighted by Gasteiger charge is -2.03. The molecule has 0 unspecified atom stereocenters. The Labute approximate surface area is 80.2 Å². The average molecular weight is 221 g/mol. The number of hydrogen-bond acceptors (Lipinski definition) is 3. The van der Waals surface area contributed by atoms with Gasteiger partial charge in [-0.15, -0.1) is 0 Å². The molecule has 0 spiro atoms. The van der Waals surface area contributed by atoms with Crippen molar-refractivity contribution < 1.29 is 21.9 Å². The maximum absolute atomic E-state index is 11.7. The first-order valence-electron chi connectivity index (χ1n) is 3.56. The topological polar surface area (TPSA) is 43.4 Å². The van der Waals surface area contributed by atoms with Crippen molar-refractivity contribution in [3.63, 3.8) is 0 Å². The van der Waals surface area contributed by atoms with Gasteiger partial charge in [-0.05, 0) is 18.2 Å². The van der Waals surface area contributed by atoms with Crippen LogP contribution in [0.4, 0.5) is 8.78 Å². The lowest BCUT2D eigenvalue weighted by Crippen LogP contribution is -2.02. The maximum Gasteiger partial charge on any atom is 0.387 e. The maximum atomic E-state index is 11.7. The molecule has 77 valence electrons. The normalized spacial score (nSPS) is 11.7. The quantitative estimate of drug-likeness (QED) is 0.776. The van der Waals surface area contributed by atoms with E-state index in [1.54, 1.807) is 0 Å². The molecule has 1 aromatic carbocycles. The van der Waals surface area contributed by atoms with Crippen LogP contribution in [0, 0.1) is 6.07 Å². The van der Waals surface area contributed by atoms with Crippen LogP contribution >= 0.6 is 0 Å². The Morgan fingerprint density at radius 3 is 2.43 bits per heavy atom. The number of ether oxygens (including phenoxy) is 1. The van der Waals surface area contributed by atoms with Gasteiger partial charge in [0, 0.05) is 12.3 Å². The minimum absolute atomic E-state index is 0.0131. The molecule has 0 saturated carbocycles.